The van der Waals surface area contributed by atoms with Gasteiger partial charge in [0, 0.05) is 12.5 Å². The fourth-order valence-corrected chi connectivity index (χ4v) is 3.52. The topological polar surface area (TPSA) is 55.8 Å². The van der Waals surface area contributed by atoms with Crippen molar-refractivity contribution in [2.24, 2.45) is 0 Å². The predicted octanol–water partition coefficient (Wildman–Crippen LogP) is 3.41. The normalized spacial score (nSPS) is 29.3. The second-order valence-electron chi connectivity index (χ2n) is 7.74. The number of hydrogen-bond donors (Lipinski definition) is 1. The minimum absolute atomic E-state index is 0.0811. The minimum Gasteiger partial charge on any atom is -0.414 e. The van der Waals surface area contributed by atoms with Crippen molar-refractivity contribution in [1.29, 1.82) is 0 Å². The molecule has 0 bridgehead atoms. The monoisotopic (exact) mass is 314 g/mol. The fraction of sp³-hybridized carbons (Fsp3) is 0.812. The molecule has 0 saturated carbocycles. The first kappa shape index (κ1) is 18.6. The first-order chi connectivity index (χ1) is 9.26. The van der Waals surface area contributed by atoms with E-state index >= 15 is 0 Å². The van der Waals surface area contributed by atoms with Crippen LogP contribution >= 0.6 is 0 Å². The van der Waals surface area contributed by atoms with E-state index < -0.39 is 20.2 Å². The summed E-state index contributed by atoms with van der Waals surface area (Å²) in [6, 6.07) is 0. The van der Waals surface area contributed by atoms with E-state index in [9.17, 15) is 9.90 Å². The van der Waals surface area contributed by atoms with Crippen molar-refractivity contribution >= 4 is 14.1 Å². The molecule has 5 heteroatoms. The highest BCUT2D eigenvalue weighted by Crippen LogP contribution is 2.38. The van der Waals surface area contributed by atoms with Gasteiger partial charge in [0.25, 0.3) is 0 Å². The highest BCUT2D eigenvalue weighted by molar-refractivity contribution is 6.74. The van der Waals surface area contributed by atoms with Crippen LogP contribution in [0.2, 0.25) is 18.1 Å². The van der Waals surface area contributed by atoms with Crippen LogP contribution < -0.4 is 0 Å². The molecule has 1 unspecified atom stereocenters. The molecule has 0 saturated heterocycles. The Morgan fingerprint density at radius 3 is 2.48 bits per heavy atom. The third-order valence-electron chi connectivity index (χ3n) is 4.63. The van der Waals surface area contributed by atoms with Crippen LogP contribution in [0.3, 0.4) is 0 Å². The van der Waals surface area contributed by atoms with Crippen LogP contribution in [-0.2, 0) is 14.0 Å². The van der Waals surface area contributed by atoms with Crippen LogP contribution in [0.25, 0.3) is 0 Å². The lowest BCUT2D eigenvalue weighted by atomic mass is 9.98. The lowest BCUT2D eigenvalue weighted by Gasteiger charge is -2.40. The summed E-state index contributed by atoms with van der Waals surface area (Å²) >= 11 is 0. The summed E-state index contributed by atoms with van der Waals surface area (Å²) in [5.41, 5.74) is 0.543. The van der Waals surface area contributed by atoms with Crippen molar-refractivity contribution in [2.75, 3.05) is 0 Å². The molecular formula is C16H30O4Si. The molecule has 0 aromatic heterocycles. The molecular weight excluding hydrogens is 284 g/mol. The predicted molar refractivity (Wildman–Crippen MR) is 86.6 cm³/mol. The van der Waals surface area contributed by atoms with Gasteiger partial charge in [0.1, 0.15) is 6.10 Å². The molecule has 1 heterocycles. The van der Waals surface area contributed by atoms with Gasteiger partial charge in [-0.1, -0.05) is 20.8 Å². The van der Waals surface area contributed by atoms with Crippen molar-refractivity contribution in [1.82, 2.24) is 0 Å². The van der Waals surface area contributed by atoms with E-state index in [1.54, 1.807) is 13.8 Å². The van der Waals surface area contributed by atoms with E-state index in [-0.39, 0.29) is 16.9 Å². The molecule has 0 radical (unpaired) electrons. The van der Waals surface area contributed by atoms with Crippen LogP contribution in [-0.4, -0.2) is 37.2 Å². The Balaban J connectivity index is 2.72. The van der Waals surface area contributed by atoms with Crippen molar-refractivity contribution in [3.63, 3.8) is 0 Å². The molecule has 122 valence electrons. The largest absolute Gasteiger partial charge is 0.414 e. The molecule has 21 heavy (non-hydrogen) atoms. The van der Waals surface area contributed by atoms with Gasteiger partial charge in [0.15, 0.2) is 19.9 Å². The molecule has 4 nitrogen and oxygen atoms in total. The lowest BCUT2D eigenvalue weighted by Crippen LogP contribution is -2.47. The first-order valence-electron chi connectivity index (χ1n) is 7.57. The fourth-order valence-electron chi connectivity index (χ4n) is 2.06. The number of hydrogen-bond acceptors (Lipinski definition) is 4. The Labute approximate surface area is 129 Å². The third kappa shape index (κ3) is 4.49. The Morgan fingerprint density at radius 1 is 1.48 bits per heavy atom. The standard InChI is InChI=1S/C16H30O4Si/c1-11-9-13(17)14(19-16(11,6)18)10-12(2)20-21(7,8)15(3,4)5/h9,12,14,18H,10H2,1-8H3/t12-,14+,16?/m0/s1. The van der Waals surface area contributed by atoms with Crippen LogP contribution in [0, 0.1) is 0 Å². The minimum atomic E-state index is -1.87. The number of rotatable bonds is 4. The highest BCUT2D eigenvalue weighted by Gasteiger charge is 2.41. The van der Waals surface area contributed by atoms with Gasteiger partial charge in [-0.25, -0.2) is 0 Å². The summed E-state index contributed by atoms with van der Waals surface area (Å²) in [5, 5.41) is 10.3. The second-order valence-corrected chi connectivity index (χ2v) is 12.5. The second kappa shape index (κ2) is 5.95. The molecule has 3 atom stereocenters. The Bertz CT molecular complexity index is 432. The maximum absolute atomic E-state index is 12.0. The Morgan fingerprint density at radius 2 is 2.00 bits per heavy atom. The quantitative estimate of drug-likeness (QED) is 0.808. The average molecular weight is 314 g/mol. The van der Waals surface area contributed by atoms with Gasteiger partial charge in [-0.15, -0.1) is 0 Å². The molecule has 1 rings (SSSR count). The number of aliphatic hydroxyl groups is 1. The molecule has 0 fully saturated rings. The van der Waals surface area contributed by atoms with Crippen LogP contribution in [0.1, 0.15) is 48.0 Å². The third-order valence-corrected chi connectivity index (χ3v) is 9.23. The molecule has 1 aliphatic rings. The number of ketones is 1. The van der Waals surface area contributed by atoms with E-state index in [0.717, 1.165) is 0 Å². The van der Waals surface area contributed by atoms with Crippen molar-refractivity contribution in [3.8, 4) is 0 Å². The first-order valence-corrected chi connectivity index (χ1v) is 10.5. The zero-order chi connectivity index (χ0) is 16.6. The molecule has 0 aromatic carbocycles. The highest BCUT2D eigenvalue weighted by atomic mass is 28.4. The van der Waals surface area contributed by atoms with E-state index in [1.165, 1.54) is 6.08 Å². The molecule has 1 aliphatic heterocycles. The average Bonchev–Trinajstić information content (AvgIpc) is 2.23. The number of carbonyl (C=O) groups excluding carboxylic acids is 1. The van der Waals surface area contributed by atoms with E-state index in [2.05, 4.69) is 33.9 Å². The van der Waals surface area contributed by atoms with Gasteiger partial charge < -0.3 is 14.3 Å². The molecule has 1 N–H and O–H groups in total. The zero-order valence-corrected chi connectivity index (χ0v) is 15.6. The molecule has 0 spiro atoms. The van der Waals surface area contributed by atoms with Crippen molar-refractivity contribution in [2.45, 2.75) is 84.1 Å². The van der Waals surface area contributed by atoms with E-state index in [0.29, 0.717) is 12.0 Å². The molecule has 0 aliphatic carbocycles. The van der Waals surface area contributed by atoms with Gasteiger partial charge in [-0.2, -0.15) is 0 Å². The summed E-state index contributed by atoms with van der Waals surface area (Å²) in [7, 11) is -1.87. The summed E-state index contributed by atoms with van der Waals surface area (Å²) in [6.45, 7) is 16.2. The van der Waals surface area contributed by atoms with Gasteiger partial charge >= 0.3 is 0 Å². The summed E-state index contributed by atoms with van der Waals surface area (Å²) in [4.78, 5) is 12.0. The molecule has 0 aromatic rings. The number of ether oxygens (including phenoxy) is 1. The lowest BCUT2D eigenvalue weighted by molar-refractivity contribution is -0.202. The molecule has 0 amide bonds. The summed E-state index contributed by atoms with van der Waals surface area (Å²) in [6.07, 6.45) is 1.23. The van der Waals surface area contributed by atoms with E-state index in [1.807, 2.05) is 6.92 Å². The van der Waals surface area contributed by atoms with Gasteiger partial charge in [0.2, 0.25) is 0 Å². The summed E-state index contributed by atoms with van der Waals surface area (Å²) in [5.74, 6) is -1.46. The Hall–Kier alpha value is -0.493. The van der Waals surface area contributed by atoms with Gasteiger partial charge in [-0.05, 0) is 50.6 Å². The summed E-state index contributed by atoms with van der Waals surface area (Å²) < 4.78 is 11.8. The SMILES string of the molecule is CC1=CC(=O)[C@@H](C[C@H](C)O[Si](C)(C)C(C)(C)C)OC1(C)O. The van der Waals surface area contributed by atoms with Gasteiger partial charge in [-0.3, -0.25) is 4.79 Å². The van der Waals surface area contributed by atoms with Crippen LogP contribution in [0.15, 0.2) is 11.6 Å². The van der Waals surface area contributed by atoms with Gasteiger partial charge in [0.05, 0.1) is 0 Å². The van der Waals surface area contributed by atoms with Crippen LogP contribution in [0.5, 0.6) is 0 Å². The maximum Gasteiger partial charge on any atom is 0.192 e. The Kier molecular flexibility index (Phi) is 5.26. The zero-order valence-electron chi connectivity index (χ0n) is 14.6. The number of carbonyl (C=O) groups is 1. The van der Waals surface area contributed by atoms with Crippen molar-refractivity contribution < 1.29 is 19.1 Å². The van der Waals surface area contributed by atoms with Crippen molar-refractivity contribution in [3.05, 3.63) is 11.6 Å². The smallest absolute Gasteiger partial charge is 0.192 e. The van der Waals surface area contributed by atoms with E-state index in [4.69, 9.17) is 9.16 Å². The maximum atomic E-state index is 12.0. The van der Waals surface area contributed by atoms with Crippen LogP contribution in [0.4, 0.5) is 0 Å².